The van der Waals surface area contributed by atoms with Gasteiger partial charge in [-0.1, -0.05) is 54.6 Å². The fraction of sp³-hybridized carbons (Fsp3) is 0.400. The average molecular weight is 387 g/mol. The second-order valence-electron chi connectivity index (χ2n) is 8.87. The number of nitrogens with one attached hydrogen (secondary N) is 1. The molecule has 2 saturated heterocycles. The van der Waals surface area contributed by atoms with Crippen LogP contribution >= 0.6 is 0 Å². The molecule has 4 heteroatoms. The smallest absolute Gasteiger partial charge is 0.0659 e. The molecule has 4 nitrogen and oxygen atoms in total. The molecule has 2 aliphatic rings. The first-order valence-corrected chi connectivity index (χ1v) is 10.8. The quantitative estimate of drug-likeness (QED) is 0.674. The summed E-state index contributed by atoms with van der Waals surface area (Å²) in [6, 6.07) is 22.0. The topological polar surface area (TPSA) is 33.1 Å². The molecule has 2 aliphatic heterocycles. The zero-order valence-corrected chi connectivity index (χ0v) is 17.0. The number of hydrogen-bond donors (Lipinski definition) is 1. The second-order valence-corrected chi connectivity index (χ2v) is 8.87. The Balaban J connectivity index is 1.24. The summed E-state index contributed by atoms with van der Waals surface area (Å²) in [4.78, 5) is 2.68. The molecule has 1 aromatic heterocycles. The van der Waals surface area contributed by atoms with E-state index >= 15 is 0 Å². The van der Waals surface area contributed by atoms with E-state index in [4.69, 9.17) is 0 Å². The Kier molecular flexibility index (Phi) is 5.21. The zero-order chi connectivity index (χ0) is 19.5. The molecule has 0 bridgehead atoms. The van der Waals surface area contributed by atoms with Crippen molar-refractivity contribution in [3.63, 3.8) is 0 Å². The van der Waals surface area contributed by atoms with Gasteiger partial charge in [-0.3, -0.25) is 9.58 Å². The Morgan fingerprint density at radius 3 is 2.62 bits per heavy atom. The van der Waals surface area contributed by atoms with Gasteiger partial charge < -0.3 is 5.32 Å². The molecule has 3 heterocycles. The molecular formula is C25H30N4. The van der Waals surface area contributed by atoms with Crippen LogP contribution in [0.4, 0.5) is 0 Å². The lowest BCUT2D eigenvalue weighted by molar-refractivity contribution is 0.237. The van der Waals surface area contributed by atoms with Crippen LogP contribution in [0.25, 0.3) is 0 Å². The Hall–Kier alpha value is -2.43. The number of nitrogens with zero attached hydrogens (tertiary/aromatic N) is 3. The number of hydrogen-bond acceptors (Lipinski definition) is 3. The molecule has 29 heavy (non-hydrogen) atoms. The minimum atomic E-state index is 0.433. The van der Waals surface area contributed by atoms with E-state index in [0.717, 1.165) is 19.0 Å². The average Bonchev–Trinajstić information content (AvgIpc) is 3.44. The molecule has 3 aromatic rings. The van der Waals surface area contributed by atoms with Crippen LogP contribution in [0, 0.1) is 11.3 Å². The van der Waals surface area contributed by atoms with Crippen LogP contribution in [0.15, 0.2) is 73.1 Å². The molecular weight excluding hydrogens is 356 g/mol. The van der Waals surface area contributed by atoms with E-state index in [-0.39, 0.29) is 0 Å². The maximum absolute atomic E-state index is 4.34. The summed E-state index contributed by atoms with van der Waals surface area (Å²) >= 11 is 0. The summed E-state index contributed by atoms with van der Waals surface area (Å²) in [5.41, 5.74) is 4.65. The molecule has 5 rings (SSSR count). The Morgan fingerprint density at radius 2 is 1.79 bits per heavy atom. The van der Waals surface area contributed by atoms with Crippen LogP contribution in [0.1, 0.15) is 23.1 Å². The number of fused-ring (bicyclic) bond motifs is 1. The van der Waals surface area contributed by atoms with Crippen molar-refractivity contribution >= 4 is 0 Å². The van der Waals surface area contributed by atoms with Crippen LogP contribution in [0.5, 0.6) is 0 Å². The highest BCUT2D eigenvalue weighted by molar-refractivity contribution is 5.24. The standard InChI is InChI=1S/C25H30N4/c1-2-6-21(7-3-1)10-11-25-19-26-15-24(25)18-28(20-25)16-22-8-4-9-23(14-22)17-29-13-5-12-27-29/h1-9,12-14,24,26H,10-11,15-20H2. The van der Waals surface area contributed by atoms with E-state index in [1.54, 1.807) is 0 Å². The van der Waals surface area contributed by atoms with Crippen LogP contribution < -0.4 is 5.32 Å². The first kappa shape index (κ1) is 18.6. The molecule has 2 fully saturated rings. The van der Waals surface area contributed by atoms with E-state index in [1.807, 2.05) is 23.1 Å². The molecule has 2 unspecified atom stereocenters. The van der Waals surface area contributed by atoms with Crippen molar-refractivity contribution in [2.24, 2.45) is 11.3 Å². The maximum atomic E-state index is 4.34. The number of rotatable bonds is 7. The monoisotopic (exact) mass is 386 g/mol. The van der Waals surface area contributed by atoms with Crippen molar-refractivity contribution in [2.45, 2.75) is 25.9 Å². The van der Waals surface area contributed by atoms with Gasteiger partial charge in [0.2, 0.25) is 0 Å². The van der Waals surface area contributed by atoms with Gasteiger partial charge in [0, 0.05) is 44.0 Å². The Bertz CT molecular complexity index is 921. The molecule has 0 amide bonds. The maximum Gasteiger partial charge on any atom is 0.0659 e. The second kappa shape index (κ2) is 8.13. The van der Waals surface area contributed by atoms with Gasteiger partial charge in [0.15, 0.2) is 0 Å². The molecule has 1 N–H and O–H groups in total. The largest absolute Gasteiger partial charge is 0.316 e. The molecule has 0 aliphatic carbocycles. The number of aromatic nitrogens is 2. The third-order valence-corrected chi connectivity index (χ3v) is 6.81. The van der Waals surface area contributed by atoms with Gasteiger partial charge in [-0.25, -0.2) is 0 Å². The number of benzene rings is 2. The lowest BCUT2D eigenvalue weighted by atomic mass is 9.76. The minimum absolute atomic E-state index is 0.433. The highest BCUT2D eigenvalue weighted by atomic mass is 15.3. The first-order chi connectivity index (χ1) is 14.3. The van der Waals surface area contributed by atoms with Crippen LogP contribution in [-0.4, -0.2) is 40.9 Å². The van der Waals surface area contributed by atoms with Crippen molar-refractivity contribution in [3.05, 3.63) is 89.7 Å². The van der Waals surface area contributed by atoms with Crippen molar-refractivity contribution in [2.75, 3.05) is 26.2 Å². The molecule has 150 valence electrons. The van der Waals surface area contributed by atoms with Gasteiger partial charge in [0.05, 0.1) is 6.54 Å². The van der Waals surface area contributed by atoms with Crippen LogP contribution in [0.2, 0.25) is 0 Å². The summed E-state index contributed by atoms with van der Waals surface area (Å²) < 4.78 is 1.99. The molecule has 2 aromatic carbocycles. The van der Waals surface area contributed by atoms with Gasteiger partial charge in [0.1, 0.15) is 0 Å². The zero-order valence-electron chi connectivity index (χ0n) is 17.0. The van der Waals surface area contributed by atoms with E-state index in [2.05, 4.69) is 69.9 Å². The van der Waals surface area contributed by atoms with Crippen molar-refractivity contribution in [3.8, 4) is 0 Å². The Labute approximate surface area is 173 Å². The van der Waals surface area contributed by atoms with Crippen molar-refractivity contribution in [1.82, 2.24) is 20.0 Å². The fourth-order valence-corrected chi connectivity index (χ4v) is 5.32. The number of aryl methyl sites for hydroxylation is 1. The highest BCUT2D eigenvalue weighted by Gasteiger charge is 2.48. The predicted octanol–water partition coefficient (Wildman–Crippen LogP) is 3.59. The van der Waals surface area contributed by atoms with Gasteiger partial charge in [-0.15, -0.1) is 0 Å². The molecule has 0 saturated carbocycles. The summed E-state index contributed by atoms with van der Waals surface area (Å²) in [5, 5.41) is 8.02. The van der Waals surface area contributed by atoms with Gasteiger partial charge in [-0.05, 0) is 48.1 Å². The SMILES string of the molecule is c1ccc(CCC23CNCC2CN(Cc2cccc(Cn4cccn4)c2)C3)cc1. The lowest BCUT2D eigenvalue weighted by Gasteiger charge is -2.28. The van der Waals surface area contributed by atoms with E-state index < -0.39 is 0 Å². The highest BCUT2D eigenvalue weighted by Crippen LogP contribution is 2.43. The van der Waals surface area contributed by atoms with Crippen LogP contribution in [0.3, 0.4) is 0 Å². The normalized spacial score (nSPS) is 24.1. The van der Waals surface area contributed by atoms with E-state index in [0.29, 0.717) is 5.41 Å². The summed E-state index contributed by atoms with van der Waals surface area (Å²) in [5.74, 6) is 0.776. The molecule has 0 radical (unpaired) electrons. The van der Waals surface area contributed by atoms with Gasteiger partial charge >= 0.3 is 0 Å². The van der Waals surface area contributed by atoms with E-state index in [9.17, 15) is 0 Å². The van der Waals surface area contributed by atoms with E-state index in [1.165, 1.54) is 55.7 Å². The van der Waals surface area contributed by atoms with Crippen molar-refractivity contribution < 1.29 is 0 Å². The Morgan fingerprint density at radius 1 is 0.966 bits per heavy atom. The molecule has 0 spiro atoms. The fourth-order valence-electron chi connectivity index (χ4n) is 5.32. The summed E-state index contributed by atoms with van der Waals surface area (Å²) in [6.07, 6.45) is 6.34. The van der Waals surface area contributed by atoms with Gasteiger partial charge in [-0.2, -0.15) is 5.10 Å². The minimum Gasteiger partial charge on any atom is -0.316 e. The first-order valence-electron chi connectivity index (χ1n) is 10.8. The summed E-state index contributed by atoms with van der Waals surface area (Å²) in [7, 11) is 0. The lowest BCUT2D eigenvalue weighted by Crippen LogP contribution is -2.33. The predicted molar refractivity (Wildman–Crippen MR) is 117 cm³/mol. The summed E-state index contributed by atoms with van der Waals surface area (Å²) in [6.45, 7) is 6.65. The van der Waals surface area contributed by atoms with Crippen LogP contribution in [-0.2, 0) is 19.5 Å². The third kappa shape index (κ3) is 4.14. The number of likely N-dealkylation sites (tertiary alicyclic amines) is 1. The van der Waals surface area contributed by atoms with Gasteiger partial charge in [0.25, 0.3) is 0 Å². The van der Waals surface area contributed by atoms with Crippen molar-refractivity contribution in [1.29, 1.82) is 0 Å². The third-order valence-electron chi connectivity index (χ3n) is 6.81. The molecule has 2 atom stereocenters.